The molecule has 38 valence electrons. The Morgan fingerprint density at radius 2 is 2.50 bits per heavy atom. The van der Waals surface area contributed by atoms with Gasteiger partial charge in [0.15, 0.2) is 6.29 Å². The molecule has 0 aliphatic rings. The Balaban J connectivity index is 2.75. The fraction of sp³-hybridized carbons (Fsp3) is 1.00. The summed E-state index contributed by atoms with van der Waals surface area (Å²) in [6, 6.07) is 0. The van der Waals surface area contributed by atoms with E-state index >= 15 is 0 Å². The lowest BCUT2D eigenvalue weighted by molar-refractivity contribution is -0.0556. The van der Waals surface area contributed by atoms with Gasteiger partial charge in [-0.1, -0.05) is 0 Å². The first-order chi connectivity index (χ1) is 2.81. The first-order valence-electron chi connectivity index (χ1n) is 1.58. The second kappa shape index (κ2) is 3.40. The number of alkyl halides is 1. The molecule has 2 nitrogen and oxygen atoms in total. The zero-order valence-electron chi connectivity index (χ0n) is 3.52. The molecule has 0 aliphatic carbocycles. The van der Waals surface area contributed by atoms with E-state index in [1.807, 2.05) is 0 Å². The lowest BCUT2D eigenvalue weighted by Crippen LogP contribution is -2.09. The van der Waals surface area contributed by atoms with Crippen molar-refractivity contribution >= 4 is 11.6 Å². The number of halogens is 1. The number of methoxy groups -OCH3 is 1. The summed E-state index contributed by atoms with van der Waals surface area (Å²) in [7, 11) is 1.40. The molecule has 0 aromatic rings. The van der Waals surface area contributed by atoms with Gasteiger partial charge in [-0.25, -0.2) is 0 Å². The van der Waals surface area contributed by atoms with Crippen LogP contribution in [0.5, 0.6) is 0 Å². The largest absolute Gasteiger partial charge is 0.367 e. The molecule has 6 heavy (non-hydrogen) atoms. The lowest BCUT2D eigenvalue weighted by atomic mass is 10.8. The van der Waals surface area contributed by atoms with Crippen LogP contribution in [0.4, 0.5) is 0 Å². The Hall–Kier alpha value is 0.210. The van der Waals surface area contributed by atoms with E-state index in [1.54, 1.807) is 0 Å². The van der Waals surface area contributed by atoms with Gasteiger partial charge >= 0.3 is 0 Å². The number of aliphatic hydroxyl groups excluding tert-OH is 1. The maximum absolute atomic E-state index is 8.31. The Morgan fingerprint density at radius 3 is 2.50 bits per heavy atom. The summed E-state index contributed by atoms with van der Waals surface area (Å²) in [4.78, 5) is 0. The van der Waals surface area contributed by atoms with Crippen molar-refractivity contribution in [2.45, 2.75) is 6.29 Å². The molecule has 0 fully saturated rings. The summed E-state index contributed by atoms with van der Waals surface area (Å²) < 4.78 is 4.32. The molecule has 0 radical (unpaired) electrons. The molecule has 1 atom stereocenters. The third-order valence-electron chi connectivity index (χ3n) is 0.404. The molecule has 0 heterocycles. The minimum atomic E-state index is -0.799. The number of rotatable bonds is 2. The van der Waals surface area contributed by atoms with E-state index in [2.05, 4.69) is 4.74 Å². The number of aliphatic hydroxyl groups is 1. The van der Waals surface area contributed by atoms with Crippen molar-refractivity contribution in [1.82, 2.24) is 0 Å². The van der Waals surface area contributed by atoms with E-state index < -0.39 is 6.29 Å². The highest BCUT2D eigenvalue weighted by Crippen LogP contribution is 1.84. The molecule has 0 rings (SSSR count). The molecule has 0 aliphatic heterocycles. The number of hydrogen-bond acceptors (Lipinski definition) is 2. The van der Waals surface area contributed by atoms with Crippen LogP contribution in [0.1, 0.15) is 0 Å². The maximum Gasteiger partial charge on any atom is 0.167 e. The van der Waals surface area contributed by atoms with Crippen molar-refractivity contribution in [2.75, 3.05) is 13.0 Å². The monoisotopic (exact) mass is 110 g/mol. The van der Waals surface area contributed by atoms with Gasteiger partial charge in [-0.3, -0.25) is 0 Å². The third-order valence-corrected chi connectivity index (χ3v) is 0.668. The van der Waals surface area contributed by atoms with E-state index in [9.17, 15) is 0 Å². The number of ether oxygens (including phenoxy) is 1. The zero-order valence-corrected chi connectivity index (χ0v) is 4.27. The summed E-state index contributed by atoms with van der Waals surface area (Å²) in [5, 5.41) is 8.31. The lowest BCUT2D eigenvalue weighted by Gasteiger charge is -1.99. The van der Waals surface area contributed by atoms with Crippen molar-refractivity contribution in [3.8, 4) is 0 Å². The van der Waals surface area contributed by atoms with E-state index in [0.29, 0.717) is 0 Å². The normalized spacial score (nSPS) is 14.5. The molecule has 0 saturated heterocycles. The molecule has 0 spiro atoms. The summed E-state index contributed by atoms with van der Waals surface area (Å²) in [6.45, 7) is 0. The van der Waals surface area contributed by atoms with Crippen molar-refractivity contribution in [2.24, 2.45) is 0 Å². The van der Waals surface area contributed by atoms with Crippen LogP contribution < -0.4 is 0 Å². The van der Waals surface area contributed by atoms with Gasteiger partial charge in [-0.2, -0.15) is 0 Å². The summed E-state index contributed by atoms with van der Waals surface area (Å²) >= 11 is 5.08. The standard InChI is InChI=1S/C3H7ClO2/c1-6-3(5)2-4/h3,5H,2H2,1H3/t3-/m0/s1. The smallest absolute Gasteiger partial charge is 0.167 e. The highest BCUT2D eigenvalue weighted by Gasteiger charge is 1.92. The molecule has 0 saturated carbocycles. The van der Waals surface area contributed by atoms with Gasteiger partial charge in [0.25, 0.3) is 0 Å². The van der Waals surface area contributed by atoms with E-state index in [0.717, 1.165) is 0 Å². The molecule has 1 N–H and O–H groups in total. The van der Waals surface area contributed by atoms with Crippen LogP contribution in [0.15, 0.2) is 0 Å². The highest BCUT2D eigenvalue weighted by molar-refractivity contribution is 6.18. The summed E-state index contributed by atoms with van der Waals surface area (Å²) in [5.74, 6) is 0.135. The van der Waals surface area contributed by atoms with Gasteiger partial charge in [-0.15, -0.1) is 11.6 Å². The van der Waals surface area contributed by atoms with Crippen molar-refractivity contribution in [3.05, 3.63) is 0 Å². The quantitative estimate of drug-likeness (QED) is 0.406. The van der Waals surface area contributed by atoms with Crippen LogP contribution in [0, 0.1) is 0 Å². The number of hydrogen-bond donors (Lipinski definition) is 1. The fourth-order valence-corrected chi connectivity index (χ4v) is 0.189. The summed E-state index contributed by atoms with van der Waals surface area (Å²) in [5.41, 5.74) is 0. The van der Waals surface area contributed by atoms with E-state index in [-0.39, 0.29) is 5.88 Å². The van der Waals surface area contributed by atoms with Crippen LogP contribution in [0.25, 0.3) is 0 Å². The Labute approximate surface area is 41.7 Å². The Bertz CT molecular complexity index is 28.0. The highest BCUT2D eigenvalue weighted by atomic mass is 35.5. The second-order valence-electron chi connectivity index (χ2n) is 0.845. The molecule has 0 amide bonds. The first-order valence-corrected chi connectivity index (χ1v) is 2.11. The SMILES string of the molecule is CO[C@H](O)CCl. The van der Waals surface area contributed by atoms with Gasteiger partial charge in [0.1, 0.15) is 0 Å². The van der Waals surface area contributed by atoms with E-state index in [4.69, 9.17) is 16.7 Å². The average molecular weight is 111 g/mol. The molecule has 0 aromatic heterocycles. The Kier molecular flexibility index (Phi) is 3.52. The molecular formula is C3H7ClO2. The summed E-state index contributed by atoms with van der Waals surface area (Å²) in [6.07, 6.45) is -0.799. The van der Waals surface area contributed by atoms with Crippen LogP contribution in [-0.2, 0) is 4.74 Å². The van der Waals surface area contributed by atoms with Gasteiger partial charge in [0, 0.05) is 7.11 Å². The second-order valence-corrected chi connectivity index (χ2v) is 1.15. The predicted molar refractivity (Wildman–Crippen MR) is 23.7 cm³/mol. The molecule has 3 heteroatoms. The van der Waals surface area contributed by atoms with Crippen LogP contribution in [0.2, 0.25) is 0 Å². The Morgan fingerprint density at radius 1 is 2.00 bits per heavy atom. The van der Waals surface area contributed by atoms with Crippen molar-refractivity contribution < 1.29 is 9.84 Å². The minimum Gasteiger partial charge on any atom is -0.367 e. The first kappa shape index (κ1) is 6.21. The molecule has 0 aromatic carbocycles. The van der Waals surface area contributed by atoms with Gasteiger partial charge in [-0.05, 0) is 0 Å². The topological polar surface area (TPSA) is 29.5 Å². The third kappa shape index (κ3) is 2.45. The molecular weight excluding hydrogens is 103 g/mol. The molecule has 0 bridgehead atoms. The van der Waals surface area contributed by atoms with Crippen LogP contribution in [0.3, 0.4) is 0 Å². The van der Waals surface area contributed by atoms with Crippen molar-refractivity contribution in [1.29, 1.82) is 0 Å². The minimum absolute atomic E-state index is 0.135. The van der Waals surface area contributed by atoms with Crippen molar-refractivity contribution in [3.63, 3.8) is 0 Å². The van der Waals surface area contributed by atoms with Gasteiger partial charge < -0.3 is 9.84 Å². The molecule has 0 unspecified atom stereocenters. The van der Waals surface area contributed by atoms with E-state index in [1.165, 1.54) is 7.11 Å². The maximum atomic E-state index is 8.31. The predicted octanol–water partition coefficient (Wildman–Crippen LogP) is 0.190. The van der Waals surface area contributed by atoms with Gasteiger partial charge in [0.2, 0.25) is 0 Å². The average Bonchev–Trinajstić information content (AvgIpc) is 1.65. The van der Waals surface area contributed by atoms with Crippen LogP contribution >= 0.6 is 11.6 Å². The van der Waals surface area contributed by atoms with Crippen LogP contribution in [-0.4, -0.2) is 24.4 Å². The fourth-order valence-electron chi connectivity index (χ4n) is 0.0630. The zero-order chi connectivity index (χ0) is 4.99. The van der Waals surface area contributed by atoms with Gasteiger partial charge in [0.05, 0.1) is 5.88 Å².